The largest absolute Gasteiger partial charge is 0.342 e. The Morgan fingerprint density at radius 2 is 1.93 bits per heavy atom. The number of hydrogen-bond donors (Lipinski definition) is 0. The minimum absolute atomic E-state index is 0.0216. The molecule has 2 atom stereocenters. The zero-order valence-electron chi connectivity index (χ0n) is 8.59. The lowest BCUT2D eigenvalue weighted by Gasteiger charge is -2.20. The summed E-state index contributed by atoms with van der Waals surface area (Å²) in [7, 11) is 0. The van der Waals surface area contributed by atoms with Gasteiger partial charge < -0.3 is 4.90 Å². The third kappa shape index (κ3) is 1.45. The van der Waals surface area contributed by atoms with Crippen LogP contribution in [-0.4, -0.2) is 29.8 Å². The zero-order chi connectivity index (χ0) is 10.6. The van der Waals surface area contributed by atoms with E-state index in [1.54, 1.807) is 4.90 Å². The Morgan fingerprint density at radius 1 is 1.20 bits per heavy atom. The van der Waals surface area contributed by atoms with Crippen LogP contribution >= 0.6 is 0 Å². The number of nitrogens with zero attached hydrogens (tertiary/aromatic N) is 1. The summed E-state index contributed by atoms with van der Waals surface area (Å²) in [4.78, 5) is 13.4. The third-order valence-electron chi connectivity index (χ3n) is 4.07. The van der Waals surface area contributed by atoms with E-state index in [1.165, 1.54) is 0 Å². The van der Waals surface area contributed by atoms with Crippen molar-refractivity contribution in [1.82, 2.24) is 4.90 Å². The lowest BCUT2D eigenvalue weighted by Crippen LogP contribution is -2.33. The van der Waals surface area contributed by atoms with Crippen LogP contribution in [0.5, 0.6) is 0 Å². The maximum Gasteiger partial charge on any atom is 0.252 e. The van der Waals surface area contributed by atoms with E-state index >= 15 is 0 Å². The Labute approximate surface area is 87.6 Å². The van der Waals surface area contributed by atoms with Crippen molar-refractivity contribution in [2.45, 2.75) is 31.6 Å². The lowest BCUT2D eigenvalue weighted by atomic mass is 9.99. The highest BCUT2D eigenvalue weighted by molar-refractivity contribution is 5.81. The molecule has 4 heteroatoms. The molecular formula is C11H15F2NO. The quantitative estimate of drug-likeness (QED) is 0.654. The SMILES string of the molecule is O=C(C1CC1)N1C[C@@H]2CCC(F)(F)[C@@H]2C1. The van der Waals surface area contributed by atoms with E-state index in [-0.39, 0.29) is 24.2 Å². The summed E-state index contributed by atoms with van der Waals surface area (Å²) in [6.07, 6.45) is 2.53. The van der Waals surface area contributed by atoms with Crippen LogP contribution in [0.3, 0.4) is 0 Å². The number of carbonyl (C=O) groups excluding carboxylic acids is 1. The molecular weight excluding hydrogens is 200 g/mol. The Hall–Kier alpha value is -0.670. The van der Waals surface area contributed by atoms with Crippen molar-refractivity contribution in [3.05, 3.63) is 0 Å². The van der Waals surface area contributed by atoms with Gasteiger partial charge in [-0.25, -0.2) is 8.78 Å². The van der Waals surface area contributed by atoms with Crippen molar-refractivity contribution < 1.29 is 13.6 Å². The van der Waals surface area contributed by atoms with E-state index in [4.69, 9.17) is 0 Å². The molecule has 2 aliphatic carbocycles. The fourth-order valence-corrected chi connectivity index (χ4v) is 2.97. The van der Waals surface area contributed by atoms with Gasteiger partial charge in [0, 0.05) is 31.3 Å². The molecule has 84 valence electrons. The molecule has 0 aromatic carbocycles. The summed E-state index contributed by atoms with van der Waals surface area (Å²) in [6, 6.07) is 0. The smallest absolute Gasteiger partial charge is 0.252 e. The summed E-state index contributed by atoms with van der Waals surface area (Å²) >= 11 is 0. The first-order chi connectivity index (χ1) is 7.08. The van der Waals surface area contributed by atoms with E-state index in [1.807, 2.05) is 0 Å². The van der Waals surface area contributed by atoms with Crippen molar-refractivity contribution in [3.63, 3.8) is 0 Å². The van der Waals surface area contributed by atoms with Crippen LogP contribution in [-0.2, 0) is 4.79 Å². The van der Waals surface area contributed by atoms with E-state index in [2.05, 4.69) is 0 Å². The minimum Gasteiger partial charge on any atom is -0.342 e. The van der Waals surface area contributed by atoms with Crippen LogP contribution < -0.4 is 0 Å². The predicted molar refractivity (Wildman–Crippen MR) is 50.5 cm³/mol. The normalized spacial score (nSPS) is 38.1. The first-order valence-corrected chi connectivity index (χ1v) is 5.74. The van der Waals surface area contributed by atoms with Crippen LogP contribution in [0.4, 0.5) is 8.78 Å². The molecule has 2 nitrogen and oxygen atoms in total. The minimum atomic E-state index is -2.52. The molecule has 1 saturated heterocycles. The number of fused-ring (bicyclic) bond motifs is 1. The maximum atomic E-state index is 13.4. The number of halogens is 2. The monoisotopic (exact) mass is 215 g/mol. The number of likely N-dealkylation sites (tertiary alicyclic amines) is 1. The molecule has 0 bridgehead atoms. The second-order valence-electron chi connectivity index (χ2n) is 5.18. The molecule has 0 aromatic rings. The summed E-state index contributed by atoms with van der Waals surface area (Å²) in [5, 5.41) is 0. The van der Waals surface area contributed by atoms with Crippen molar-refractivity contribution in [2.24, 2.45) is 17.8 Å². The highest BCUT2D eigenvalue weighted by Crippen LogP contribution is 2.49. The topological polar surface area (TPSA) is 20.3 Å². The number of hydrogen-bond acceptors (Lipinski definition) is 1. The Kier molecular flexibility index (Phi) is 1.86. The molecule has 3 rings (SSSR count). The lowest BCUT2D eigenvalue weighted by molar-refractivity contribution is -0.132. The van der Waals surface area contributed by atoms with Crippen LogP contribution in [0, 0.1) is 17.8 Å². The van der Waals surface area contributed by atoms with Crippen molar-refractivity contribution >= 4 is 5.91 Å². The van der Waals surface area contributed by atoms with E-state index in [9.17, 15) is 13.6 Å². The summed E-state index contributed by atoms with van der Waals surface area (Å²) in [5.74, 6) is -2.73. The molecule has 1 heterocycles. The van der Waals surface area contributed by atoms with Gasteiger partial charge in [0.05, 0.1) is 0 Å². The molecule has 0 aromatic heterocycles. The van der Waals surface area contributed by atoms with Crippen LogP contribution in [0.1, 0.15) is 25.7 Å². The van der Waals surface area contributed by atoms with Crippen molar-refractivity contribution in [1.29, 1.82) is 0 Å². The summed E-state index contributed by atoms with van der Waals surface area (Å²) < 4.78 is 26.8. The number of rotatable bonds is 1. The molecule has 3 aliphatic rings. The molecule has 2 saturated carbocycles. The fourth-order valence-electron chi connectivity index (χ4n) is 2.97. The summed E-state index contributed by atoms with van der Waals surface area (Å²) in [6.45, 7) is 0.878. The van der Waals surface area contributed by atoms with Crippen molar-refractivity contribution in [2.75, 3.05) is 13.1 Å². The molecule has 1 aliphatic heterocycles. The Balaban J connectivity index is 1.70. The third-order valence-corrected chi connectivity index (χ3v) is 4.07. The highest BCUT2D eigenvalue weighted by Gasteiger charge is 2.55. The van der Waals surface area contributed by atoms with Gasteiger partial charge in [-0.1, -0.05) is 0 Å². The van der Waals surface area contributed by atoms with Gasteiger partial charge in [-0.15, -0.1) is 0 Å². The second-order valence-corrected chi connectivity index (χ2v) is 5.18. The highest BCUT2D eigenvalue weighted by atomic mass is 19.3. The van der Waals surface area contributed by atoms with Gasteiger partial charge in [0.25, 0.3) is 5.92 Å². The first kappa shape index (κ1) is 9.55. The average Bonchev–Trinajstić information content (AvgIpc) is 2.86. The van der Waals surface area contributed by atoms with E-state index in [0.717, 1.165) is 12.8 Å². The van der Waals surface area contributed by atoms with Gasteiger partial charge in [0.2, 0.25) is 5.91 Å². The molecule has 1 amide bonds. The molecule has 0 N–H and O–H groups in total. The van der Waals surface area contributed by atoms with Gasteiger partial charge in [0.15, 0.2) is 0 Å². The Bertz CT molecular complexity index is 301. The second kappa shape index (κ2) is 2.92. The van der Waals surface area contributed by atoms with E-state index < -0.39 is 11.8 Å². The predicted octanol–water partition coefficient (Wildman–Crippen LogP) is 1.90. The fraction of sp³-hybridized carbons (Fsp3) is 0.909. The molecule has 0 radical (unpaired) electrons. The molecule has 15 heavy (non-hydrogen) atoms. The zero-order valence-corrected chi connectivity index (χ0v) is 8.59. The van der Waals surface area contributed by atoms with Crippen LogP contribution in [0.25, 0.3) is 0 Å². The van der Waals surface area contributed by atoms with Crippen LogP contribution in [0.15, 0.2) is 0 Å². The van der Waals surface area contributed by atoms with Crippen molar-refractivity contribution in [3.8, 4) is 0 Å². The first-order valence-electron chi connectivity index (χ1n) is 5.74. The standard InChI is InChI=1S/C11H15F2NO/c12-11(13)4-3-8-5-14(6-9(8)11)10(15)7-1-2-7/h7-9H,1-6H2/t8-,9+/m0/s1. The van der Waals surface area contributed by atoms with Gasteiger partial charge in [0.1, 0.15) is 0 Å². The maximum absolute atomic E-state index is 13.4. The number of alkyl halides is 2. The number of amides is 1. The number of carbonyl (C=O) groups is 1. The van der Waals surface area contributed by atoms with E-state index in [0.29, 0.717) is 19.5 Å². The molecule has 0 spiro atoms. The van der Waals surface area contributed by atoms with Gasteiger partial charge in [-0.05, 0) is 25.2 Å². The van der Waals surface area contributed by atoms with Gasteiger partial charge >= 0.3 is 0 Å². The summed E-state index contributed by atoms with van der Waals surface area (Å²) in [5.41, 5.74) is 0. The van der Waals surface area contributed by atoms with Gasteiger partial charge in [-0.3, -0.25) is 4.79 Å². The Morgan fingerprint density at radius 3 is 2.53 bits per heavy atom. The molecule has 0 unspecified atom stereocenters. The van der Waals surface area contributed by atoms with Gasteiger partial charge in [-0.2, -0.15) is 0 Å². The van der Waals surface area contributed by atoms with Crippen LogP contribution in [0.2, 0.25) is 0 Å². The molecule has 3 fully saturated rings. The average molecular weight is 215 g/mol.